The van der Waals surface area contributed by atoms with E-state index in [1.54, 1.807) is 18.3 Å². The number of nitrogens with zero attached hydrogens (tertiary/aromatic N) is 1. The molecular formula is C28H36N4O3. The lowest BCUT2D eigenvalue weighted by Crippen LogP contribution is -2.43. The fraction of sp³-hybridized carbons (Fsp3) is 0.357. The summed E-state index contributed by atoms with van der Waals surface area (Å²) in [6, 6.07) is 19.3. The van der Waals surface area contributed by atoms with E-state index < -0.39 is 6.10 Å². The van der Waals surface area contributed by atoms with Crippen LogP contribution in [0.5, 0.6) is 5.75 Å². The summed E-state index contributed by atoms with van der Waals surface area (Å²) in [6.07, 6.45) is 1.97. The third-order valence-corrected chi connectivity index (χ3v) is 5.72. The lowest BCUT2D eigenvalue weighted by atomic mass is 9.93. The highest BCUT2D eigenvalue weighted by Crippen LogP contribution is 2.19. The number of pyridine rings is 1. The largest absolute Gasteiger partial charge is 0.494 e. The second-order valence-electron chi connectivity index (χ2n) is 9.29. The predicted octanol–water partition coefficient (Wildman–Crippen LogP) is 3.57. The zero-order valence-electron chi connectivity index (χ0n) is 20.8. The molecule has 0 bridgehead atoms. The van der Waals surface area contributed by atoms with E-state index in [1.807, 2.05) is 43.3 Å². The highest BCUT2D eigenvalue weighted by atomic mass is 16.5. The SMILES string of the molecule is CCOc1ccccc1CNC(=O)Cc1cccc(CC(C)(C)NC[C@@H](O)c2ccc(N)nc2)c1. The minimum Gasteiger partial charge on any atom is -0.494 e. The Kier molecular flexibility index (Phi) is 9.23. The number of nitrogens with two attached hydrogens (primary N) is 1. The van der Waals surface area contributed by atoms with Crippen molar-refractivity contribution in [3.63, 3.8) is 0 Å². The standard InChI is InChI=1S/C28H36N4O3/c1-4-35-25-11-6-5-10-23(25)18-31-27(34)15-20-8-7-9-21(14-20)16-28(2,3)32-19-24(33)22-12-13-26(29)30-17-22/h5-14,17,24,32-33H,4,15-16,18-19H2,1-3H3,(H2,29,30)(H,31,34)/t24-/m1/s1. The van der Waals surface area contributed by atoms with Crippen LogP contribution in [0.25, 0.3) is 0 Å². The Morgan fingerprint density at radius 2 is 1.89 bits per heavy atom. The molecule has 0 aliphatic heterocycles. The van der Waals surface area contributed by atoms with E-state index in [0.717, 1.165) is 34.4 Å². The second kappa shape index (κ2) is 12.3. The minimum atomic E-state index is -0.676. The number of ether oxygens (including phenoxy) is 1. The number of nitrogens with one attached hydrogen (secondary N) is 2. The van der Waals surface area contributed by atoms with Gasteiger partial charge in [0.2, 0.25) is 5.91 Å². The molecule has 7 heteroatoms. The highest BCUT2D eigenvalue weighted by Gasteiger charge is 2.20. The molecule has 2 aromatic carbocycles. The Bertz CT molecular complexity index is 1100. The van der Waals surface area contributed by atoms with Crippen LogP contribution in [0.15, 0.2) is 66.9 Å². The highest BCUT2D eigenvalue weighted by molar-refractivity contribution is 5.78. The van der Waals surface area contributed by atoms with Crippen LogP contribution in [0.2, 0.25) is 0 Å². The summed E-state index contributed by atoms with van der Waals surface area (Å²) < 4.78 is 5.63. The van der Waals surface area contributed by atoms with Crippen LogP contribution in [0.3, 0.4) is 0 Å². The van der Waals surface area contributed by atoms with Crippen LogP contribution in [-0.2, 0) is 24.2 Å². The Hall–Kier alpha value is -3.42. The molecule has 1 aromatic heterocycles. The van der Waals surface area contributed by atoms with Gasteiger partial charge in [-0.25, -0.2) is 4.98 Å². The van der Waals surface area contributed by atoms with E-state index in [-0.39, 0.29) is 11.4 Å². The minimum absolute atomic E-state index is 0.0360. The number of anilines is 1. The molecule has 0 saturated carbocycles. The van der Waals surface area contributed by atoms with Gasteiger partial charge >= 0.3 is 0 Å². The number of amides is 1. The van der Waals surface area contributed by atoms with Gasteiger partial charge in [0, 0.05) is 36.0 Å². The molecule has 0 aliphatic carbocycles. The maximum absolute atomic E-state index is 12.6. The van der Waals surface area contributed by atoms with Gasteiger partial charge in [-0.3, -0.25) is 4.79 Å². The van der Waals surface area contributed by atoms with Crippen molar-refractivity contribution in [1.82, 2.24) is 15.6 Å². The number of hydrogen-bond acceptors (Lipinski definition) is 6. The molecule has 1 atom stereocenters. The van der Waals surface area contributed by atoms with Gasteiger partial charge in [-0.05, 0) is 50.5 Å². The van der Waals surface area contributed by atoms with E-state index in [4.69, 9.17) is 10.5 Å². The molecule has 0 unspecified atom stereocenters. The first-order valence-corrected chi connectivity index (χ1v) is 12.0. The van der Waals surface area contributed by atoms with Gasteiger partial charge in [-0.2, -0.15) is 0 Å². The van der Waals surface area contributed by atoms with Crippen LogP contribution in [-0.4, -0.2) is 34.7 Å². The molecule has 1 heterocycles. The van der Waals surface area contributed by atoms with Crippen molar-refractivity contribution in [1.29, 1.82) is 0 Å². The Labute approximate surface area is 207 Å². The third kappa shape index (κ3) is 8.38. The van der Waals surface area contributed by atoms with E-state index in [1.165, 1.54) is 0 Å². The molecule has 0 fully saturated rings. The first kappa shape index (κ1) is 26.2. The van der Waals surface area contributed by atoms with Crippen molar-refractivity contribution in [2.45, 2.75) is 51.8 Å². The van der Waals surface area contributed by atoms with E-state index >= 15 is 0 Å². The lowest BCUT2D eigenvalue weighted by molar-refractivity contribution is -0.120. The van der Waals surface area contributed by atoms with E-state index in [9.17, 15) is 9.90 Å². The molecule has 3 aromatic rings. The summed E-state index contributed by atoms with van der Waals surface area (Å²) in [5, 5.41) is 16.9. The number of rotatable bonds is 12. The topological polar surface area (TPSA) is 110 Å². The number of benzene rings is 2. The van der Waals surface area contributed by atoms with Crippen LogP contribution in [0, 0.1) is 0 Å². The van der Waals surface area contributed by atoms with Crippen LogP contribution in [0.4, 0.5) is 5.82 Å². The number of carbonyl (C=O) groups is 1. The fourth-order valence-corrected chi connectivity index (χ4v) is 3.91. The number of aromatic nitrogens is 1. The molecular weight excluding hydrogens is 440 g/mol. The van der Waals surface area contributed by atoms with Gasteiger partial charge in [-0.15, -0.1) is 0 Å². The molecule has 0 radical (unpaired) electrons. The van der Waals surface area contributed by atoms with Crippen molar-refractivity contribution in [3.05, 3.63) is 89.1 Å². The van der Waals surface area contributed by atoms with Crippen molar-refractivity contribution >= 4 is 11.7 Å². The smallest absolute Gasteiger partial charge is 0.224 e. The average molecular weight is 477 g/mol. The second-order valence-corrected chi connectivity index (χ2v) is 9.29. The summed E-state index contributed by atoms with van der Waals surface area (Å²) in [5.41, 5.74) is 9.13. The molecule has 3 rings (SSSR count). The predicted molar refractivity (Wildman–Crippen MR) is 139 cm³/mol. The third-order valence-electron chi connectivity index (χ3n) is 5.72. The lowest BCUT2D eigenvalue weighted by Gasteiger charge is -2.28. The van der Waals surface area contributed by atoms with E-state index in [0.29, 0.717) is 31.9 Å². The van der Waals surface area contributed by atoms with Crippen molar-refractivity contribution in [2.75, 3.05) is 18.9 Å². The molecule has 0 aliphatic rings. The molecule has 35 heavy (non-hydrogen) atoms. The number of carbonyl (C=O) groups excluding carboxylic acids is 1. The Morgan fingerprint density at radius 1 is 1.11 bits per heavy atom. The number of aliphatic hydroxyl groups excluding tert-OH is 1. The molecule has 186 valence electrons. The van der Waals surface area contributed by atoms with Crippen LogP contribution >= 0.6 is 0 Å². The van der Waals surface area contributed by atoms with E-state index in [2.05, 4.69) is 41.6 Å². The monoisotopic (exact) mass is 476 g/mol. The molecule has 0 saturated heterocycles. The number of para-hydroxylation sites is 1. The molecule has 0 spiro atoms. The van der Waals surface area contributed by atoms with Gasteiger partial charge in [0.25, 0.3) is 0 Å². The van der Waals surface area contributed by atoms with Crippen LogP contribution < -0.4 is 21.1 Å². The van der Waals surface area contributed by atoms with Crippen molar-refractivity contribution in [2.24, 2.45) is 0 Å². The normalized spacial score (nSPS) is 12.2. The molecule has 1 amide bonds. The van der Waals surface area contributed by atoms with Gasteiger partial charge in [-0.1, -0.05) is 48.5 Å². The maximum Gasteiger partial charge on any atom is 0.224 e. The van der Waals surface area contributed by atoms with Crippen molar-refractivity contribution < 1.29 is 14.6 Å². The van der Waals surface area contributed by atoms with Gasteiger partial charge in [0.15, 0.2) is 0 Å². The fourth-order valence-electron chi connectivity index (χ4n) is 3.91. The van der Waals surface area contributed by atoms with Gasteiger partial charge < -0.3 is 26.2 Å². The number of aliphatic hydroxyl groups is 1. The summed E-state index contributed by atoms with van der Waals surface area (Å²) >= 11 is 0. The first-order chi connectivity index (χ1) is 16.8. The van der Waals surface area contributed by atoms with Gasteiger partial charge in [0.05, 0.1) is 19.1 Å². The van der Waals surface area contributed by atoms with Crippen molar-refractivity contribution in [3.8, 4) is 5.75 Å². The number of hydrogen-bond donors (Lipinski definition) is 4. The summed E-state index contributed by atoms with van der Waals surface area (Å²) in [6.45, 7) is 7.53. The zero-order valence-corrected chi connectivity index (χ0v) is 20.8. The molecule has 5 N–H and O–H groups in total. The number of β-amino-alcohol motifs (C(OH)–C–C–N with tert-alkyl or cyclic N) is 1. The van der Waals surface area contributed by atoms with Crippen LogP contribution in [0.1, 0.15) is 49.1 Å². The summed E-state index contributed by atoms with van der Waals surface area (Å²) in [4.78, 5) is 16.6. The summed E-state index contributed by atoms with van der Waals surface area (Å²) in [5.74, 6) is 1.19. The number of nitrogen functional groups attached to an aromatic ring is 1. The first-order valence-electron chi connectivity index (χ1n) is 12.0. The maximum atomic E-state index is 12.6. The quantitative estimate of drug-likeness (QED) is 0.318. The Morgan fingerprint density at radius 3 is 2.63 bits per heavy atom. The van der Waals surface area contributed by atoms with Gasteiger partial charge in [0.1, 0.15) is 11.6 Å². The zero-order chi connectivity index (χ0) is 25.3. The molecule has 7 nitrogen and oxygen atoms in total. The Balaban J connectivity index is 1.52. The summed E-state index contributed by atoms with van der Waals surface area (Å²) in [7, 11) is 0. The average Bonchev–Trinajstić information content (AvgIpc) is 2.83.